The average molecular weight is 419 g/mol. The van der Waals surface area contributed by atoms with E-state index in [1.54, 1.807) is 0 Å². The minimum absolute atomic E-state index is 0.279. The molecular formula is C24H27FN6. The molecule has 160 valence electrons. The summed E-state index contributed by atoms with van der Waals surface area (Å²) in [6.45, 7) is 4.30. The minimum atomic E-state index is -0.364. The fraction of sp³-hybridized carbons (Fsp3) is 0.458. The highest BCUT2D eigenvalue weighted by Gasteiger charge is 2.36. The zero-order valence-corrected chi connectivity index (χ0v) is 17.9. The molecule has 4 aromatic heterocycles. The number of nitrogens with one attached hydrogen (secondary N) is 2. The van der Waals surface area contributed by atoms with Gasteiger partial charge in [0.15, 0.2) is 5.82 Å². The zero-order chi connectivity index (χ0) is 21.1. The van der Waals surface area contributed by atoms with Crippen molar-refractivity contribution in [3.8, 4) is 11.4 Å². The summed E-state index contributed by atoms with van der Waals surface area (Å²) in [5.74, 6) is 2.67. The molecule has 0 aromatic carbocycles. The number of aromatic amines is 1. The van der Waals surface area contributed by atoms with Crippen LogP contribution in [-0.2, 0) is 0 Å². The number of rotatable bonds is 4. The Labute approximate surface area is 180 Å². The minimum Gasteiger partial charge on any atom is -0.366 e. The molecule has 0 radical (unpaired) electrons. The highest BCUT2D eigenvalue weighted by Crippen LogP contribution is 2.43. The number of H-pyrrole nitrogens is 1. The van der Waals surface area contributed by atoms with Crippen molar-refractivity contribution in [1.29, 1.82) is 0 Å². The van der Waals surface area contributed by atoms with Gasteiger partial charge < -0.3 is 14.9 Å². The van der Waals surface area contributed by atoms with Gasteiger partial charge >= 0.3 is 0 Å². The Morgan fingerprint density at radius 2 is 2.00 bits per heavy atom. The molecule has 2 N–H and O–H groups in total. The van der Waals surface area contributed by atoms with E-state index in [1.807, 2.05) is 6.20 Å². The number of pyridine rings is 1. The second-order valence-electron chi connectivity index (χ2n) is 9.47. The van der Waals surface area contributed by atoms with Crippen molar-refractivity contribution >= 4 is 27.9 Å². The topological polar surface area (TPSA) is 71.4 Å². The lowest BCUT2D eigenvalue weighted by Gasteiger charge is -2.42. The van der Waals surface area contributed by atoms with Crippen LogP contribution in [0.5, 0.6) is 0 Å². The SMILES string of the molecule is CC(C)n1ccc2c(NC3CC4CCC3CC4)nc(-c3c[nH]c4ncc(F)cc34)nc21. The summed E-state index contributed by atoms with van der Waals surface area (Å²) in [7, 11) is 0. The molecule has 1 atom stereocenters. The van der Waals surface area contributed by atoms with E-state index < -0.39 is 0 Å². The van der Waals surface area contributed by atoms with Gasteiger partial charge in [0.2, 0.25) is 0 Å². The van der Waals surface area contributed by atoms with E-state index in [0.29, 0.717) is 22.9 Å². The largest absolute Gasteiger partial charge is 0.366 e. The summed E-state index contributed by atoms with van der Waals surface area (Å²) in [6, 6.07) is 4.35. The second kappa shape index (κ2) is 7.04. The number of anilines is 1. The van der Waals surface area contributed by atoms with Gasteiger partial charge in [-0.1, -0.05) is 12.8 Å². The van der Waals surface area contributed by atoms with Crippen LogP contribution in [0.3, 0.4) is 0 Å². The Morgan fingerprint density at radius 3 is 2.74 bits per heavy atom. The molecule has 3 aliphatic rings. The molecule has 31 heavy (non-hydrogen) atoms. The highest BCUT2D eigenvalue weighted by atomic mass is 19.1. The molecule has 6 nitrogen and oxygen atoms in total. The molecular weight excluding hydrogens is 391 g/mol. The van der Waals surface area contributed by atoms with Crippen LogP contribution >= 0.6 is 0 Å². The van der Waals surface area contributed by atoms with E-state index in [-0.39, 0.29) is 11.9 Å². The molecule has 3 fully saturated rings. The third-order valence-corrected chi connectivity index (χ3v) is 7.24. The first-order valence-electron chi connectivity index (χ1n) is 11.3. The predicted octanol–water partition coefficient (Wildman–Crippen LogP) is 5.69. The van der Waals surface area contributed by atoms with Gasteiger partial charge in [0.05, 0.1) is 11.6 Å². The van der Waals surface area contributed by atoms with Crippen LogP contribution in [-0.4, -0.2) is 30.5 Å². The van der Waals surface area contributed by atoms with Crippen molar-refractivity contribution in [2.75, 3.05) is 5.32 Å². The number of halogens is 1. The molecule has 2 bridgehead atoms. The monoisotopic (exact) mass is 418 g/mol. The van der Waals surface area contributed by atoms with Crippen LogP contribution in [0.1, 0.15) is 52.0 Å². The molecule has 7 rings (SSSR count). The van der Waals surface area contributed by atoms with Gasteiger partial charge in [-0.25, -0.2) is 19.3 Å². The number of nitrogens with zero attached hydrogens (tertiary/aromatic N) is 4. The first kappa shape index (κ1) is 18.8. The first-order chi connectivity index (χ1) is 15.1. The Morgan fingerprint density at radius 1 is 1.16 bits per heavy atom. The van der Waals surface area contributed by atoms with Crippen LogP contribution in [0.25, 0.3) is 33.5 Å². The molecule has 0 spiro atoms. The fourth-order valence-corrected chi connectivity index (χ4v) is 5.57. The second-order valence-corrected chi connectivity index (χ2v) is 9.47. The van der Waals surface area contributed by atoms with Gasteiger partial charge in [0.25, 0.3) is 0 Å². The maximum Gasteiger partial charge on any atom is 0.166 e. The summed E-state index contributed by atoms with van der Waals surface area (Å²) >= 11 is 0. The van der Waals surface area contributed by atoms with Crippen molar-refractivity contribution < 1.29 is 4.39 Å². The van der Waals surface area contributed by atoms with E-state index in [1.165, 1.54) is 44.4 Å². The van der Waals surface area contributed by atoms with E-state index >= 15 is 0 Å². The molecule has 3 saturated carbocycles. The van der Waals surface area contributed by atoms with Crippen LogP contribution in [0.2, 0.25) is 0 Å². The Bertz CT molecular complexity index is 1260. The van der Waals surface area contributed by atoms with Crippen molar-refractivity contribution in [1.82, 2.24) is 24.5 Å². The lowest BCUT2D eigenvalue weighted by atomic mass is 9.68. The van der Waals surface area contributed by atoms with Gasteiger partial charge in [-0.15, -0.1) is 0 Å². The van der Waals surface area contributed by atoms with Crippen LogP contribution in [0.15, 0.2) is 30.7 Å². The molecule has 1 unspecified atom stereocenters. The van der Waals surface area contributed by atoms with E-state index in [4.69, 9.17) is 9.97 Å². The predicted molar refractivity (Wildman–Crippen MR) is 120 cm³/mol. The number of hydrogen-bond donors (Lipinski definition) is 2. The van der Waals surface area contributed by atoms with E-state index in [0.717, 1.165) is 34.3 Å². The zero-order valence-electron chi connectivity index (χ0n) is 17.9. The van der Waals surface area contributed by atoms with Gasteiger partial charge in [0.1, 0.15) is 22.9 Å². The lowest BCUT2D eigenvalue weighted by molar-refractivity contribution is 0.157. The molecule has 3 aliphatic carbocycles. The van der Waals surface area contributed by atoms with Crippen molar-refractivity contribution in [3.63, 3.8) is 0 Å². The van der Waals surface area contributed by atoms with Crippen molar-refractivity contribution in [3.05, 3.63) is 36.5 Å². The third kappa shape index (κ3) is 3.09. The standard InChI is InChI=1S/C24H27FN6/c1-13(2)31-8-7-17-22(28-20-9-14-3-5-15(20)6-4-14)29-23(30-24(17)31)19-12-27-21-18(19)10-16(25)11-26-21/h7-8,10-15,20H,3-6,9H2,1-2H3,(H,26,27)(H,28,29,30). The average Bonchev–Trinajstić information content (AvgIpc) is 3.38. The summed E-state index contributed by atoms with van der Waals surface area (Å²) in [4.78, 5) is 17.2. The van der Waals surface area contributed by atoms with Gasteiger partial charge in [-0.05, 0) is 57.1 Å². The molecule has 0 amide bonds. The summed E-state index contributed by atoms with van der Waals surface area (Å²) in [5.41, 5.74) is 2.31. The summed E-state index contributed by atoms with van der Waals surface area (Å²) < 4.78 is 16.1. The molecule has 7 heteroatoms. The smallest absolute Gasteiger partial charge is 0.166 e. The van der Waals surface area contributed by atoms with Gasteiger partial charge in [-0.3, -0.25) is 0 Å². The maximum atomic E-state index is 13.9. The van der Waals surface area contributed by atoms with Gasteiger partial charge in [0, 0.05) is 35.4 Å². The van der Waals surface area contributed by atoms with Crippen molar-refractivity contribution in [2.45, 2.75) is 58.0 Å². The van der Waals surface area contributed by atoms with E-state index in [2.05, 4.69) is 46.0 Å². The Kier molecular flexibility index (Phi) is 4.26. The van der Waals surface area contributed by atoms with Gasteiger partial charge in [-0.2, -0.15) is 0 Å². The van der Waals surface area contributed by atoms with Crippen LogP contribution in [0.4, 0.5) is 10.2 Å². The Balaban J connectivity index is 1.50. The summed E-state index contributed by atoms with van der Waals surface area (Å²) in [6.07, 6.45) is 11.7. The molecule has 0 saturated heterocycles. The molecule has 0 aliphatic heterocycles. The quantitative estimate of drug-likeness (QED) is 0.447. The number of fused-ring (bicyclic) bond motifs is 5. The highest BCUT2D eigenvalue weighted by molar-refractivity contribution is 5.95. The lowest BCUT2D eigenvalue weighted by Crippen LogP contribution is -2.40. The van der Waals surface area contributed by atoms with Crippen LogP contribution in [0, 0.1) is 17.7 Å². The normalized spacial score (nSPS) is 23.3. The fourth-order valence-electron chi connectivity index (χ4n) is 5.57. The number of hydrogen-bond acceptors (Lipinski definition) is 4. The van der Waals surface area contributed by atoms with Crippen LogP contribution < -0.4 is 5.32 Å². The van der Waals surface area contributed by atoms with E-state index in [9.17, 15) is 4.39 Å². The molecule has 4 aromatic rings. The number of aromatic nitrogens is 5. The first-order valence-corrected chi connectivity index (χ1v) is 11.3. The molecule has 4 heterocycles. The van der Waals surface area contributed by atoms with Crippen molar-refractivity contribution in [2.24, 2.45) is 11.8 Å². The third-order valence-electron chi connectivity index (χ3n) is 7.24. The Hall–Kier alpha value is -2.96. The maximum absolute atomic E-state index is 13.9. The summed E-state index contributed by atoms with van der Waals surface area (Å²) in [5, 5.41) is 5.55.